The highest BCUT2D eigenvalue weighted by Crippen LogP contribution is 2.47. The Hall–Kier alpha value is -3.88. The van der Waals surface area contributed by atoms with Crippen LogP contribution < -0.4 is 26.8 Å². The van der Waals surface area contributed by atoms with E-state index in [0.717, 1.165) is 18.7 Å². The van der Waals surface area contributed by atoms with Gasteiger partial charge in [-0.15, -0.1) is 0 Å². The van der Waals surface area contributed by atoms with Crippen LogP contribution in [0.1, 0.15) is 40.3 Å². The van der Waals surface area contributed by atoms with Crippen molar-refractivity contribution in [2.24, 2.45) is 5.73 Å². The van der Waals surface area contributed by atoms with Gasteiger partial charge in [-0.3, -0.25) is 24.4 Å². The number of nitrogens with one attached hydrogen (secondary N) is 1. The van der Waals surface area contributed by atoms with Gasteiger partial charge in [0.1, 0.15) is 24.2 Å². The lowest BCUT2D eigenvalue weighted by Crippen LogP contribution is -2.58. The van der Waals surface area contributed by atoms with E-state index in [-0.39, 0.29) is 18.0 Å². The summed E-state index contributed by atoms with van der Waals surface area (Å²) in [4.78, 5) is 40.9. The Morgan fingerprint density at radius 1 is 1.11 bits per heavy atom. The highest BCUT2D eigenvalue weighted by molar-refractivity contribution is 7.52. The number of carbonyl (C=O) groups excluding carboxylic acids is 2. The van der Waals surface area contributed by atoms with Crippen LogP contribution in [0.5, 0.6) is 5.75 Å². The average molecular weight is 638 g/mol. The van der Waals surface area contributed by atoms with Gasteiger partial charge in [0.05, 0.1) is 6.10 Å². The van der Waals surface area contributed by atoms with Crippen molar-refractivity contribution in [3.63, 3.8) is 0 Å². The maximum Gasteiger partial charge on any atom is 0.459 e. The summed E-state index contributed by atoms with van der Waals surface area (Å²) in [6.45, 7) is 5.13. The Kier molecular flexibility index (Phi) is 11.6. The minimum atomic E-state index is -4.58. The molecular formula is C28H37FN5O9P. The first kappa shape index (κ1) is 34.6. The second kappa shape index (κ2) is 14.7. The van der Waals surface area contributed by atoms with E-state index in [9.17, 15) is 18.9 Å². The molecule has 0 saturated carbocycles. The molecule has 5 N–H and O–H groups in total. The molecule has 0 aliphatic heterocycles. The molecule has 14 nitrogen and oxygen atoms in total. The Morgan fingerprint density at radius 3 is 2.43 bits per heavy atom. The largest absolute Gasteiger partial charge is 0.462 e. The lowest BCUT2D eigenvalue weighted by molar-refractivity contribution is -0.181. The molecule has 0 spiro atoms. The molecular weight excluding hydrogens is 600 g/mol. The van der Waals surface area contributed by atoms with Gasteiger partial charge in [0.15, 0.2) is 5.72 Å². The second-order valence-corrected chi connectivity index (χ2v) is 11.7. The normalized spacial score (nSPS) is 16.4. The Balaban J connectivity index is 1.98. The van der Waals surface area contributed by atoms with Crippen LogP contribution in [0, 0.1) is 0 Å². The number of nitrogen functional groups attached to an aromatic ring is 1. The number of alkyl halides is 1. The van der Waals surface area contributed by atoms with Crippen molar-refractivity contribution < 1.29 is 41.8 Å². The summed E-state index contributed by atoms with van der Waals surface area (Å²) in [5.41, 5.74) is 8.26. The highest BCUT2D eigenvalue weighted by Gasteiger charge is 2.47. The van der Waals surface area contributed by atoms with Crippen LogP contribution in [0.3, 0.4) is 0 Å². The summed E-state index contributed by atoms with van der Waals surface area (Å²) >= 11 is 0. The van der Waals surface area contributed by atoms with E-state index in [1.54, 1.807) is 50.2 Å². The van der Waals surface area contributed by atoms with Gasteiger partial charge in [0.2, 0.25) is 12.4 Å². The third-order valence-corrected chi connectivity index (χ3v) is 7.86. The van der Waals surface area contributed by atoms with Crippen LogP contribution >= 0.6 is 7.75 Å². The molecule has 1 heterocycles. The van der Waals surface area contributed by atoms with Gasteiger partial charge < -0.3 is 24.5 Å². The fourth-order valence-electron chi connectivity index (χ4n) is 3.89. The maximum absolute atomic E-state index is 16.3. The molecule has 1 aromatic heterocycles. The number of methoxy groups -OCH3 is 1. The van der Waals surface area contributed by atoms with Crippen LogP contribution in [0.2, 0.25) is 0 Å². The third kappa shape index (κ3) is 8.61. The average Bonchev–Trinajstić information content (AvgIpc) is 2.98. The number of hydrogen-bond acceptors (Lipinski definition) is 12. The number of ether oxygens (including phenoxy) is 3. The Bertz CT molecular complexity index is 1570. The van der Waals surface area contributed by atoms with Crippen LogP contribution in [0.15, 0.2) is 59.5 Å². The molecule has 0 aliphatic carbocycles. The van der Waals surface area contributed by atoms with Crippen LogP contribution in [0.25, 0.3) is 10.8 Å². The number of benzene rings is 2. The zero-order valence-electron chi connectivity index (χ0n) is 25.0. The minimum absolute atomic E-state index is 0.120. The van der Waals surface area contributed by atoms with Gasteiger partial charge in [-0.05, 0) is 38.3 Å². The van der Waals surface area contributed by atoms with Crippen molar-refractivity contribution in [3.8, 4) is 5.75 Å². The van der Waals surface area contributed by atoms with E-state index in [4.69, 9.17) is 34.7 Å². The van der Waals surface area contributed by atoms with Crippen molar-refractivity contribution in [1.29, 1.82) is 0 Å². The van der Waals surface area contributed by atoms with Gasteiger partial charge >= 0.3 is 25.4 Å². The summed E-state index contributed by atoms with van der Waals surface area (Å²) in [5.74, 6) is -1.67. The minimum Gasteiger partial charge on any atom is -0.462 e. The number of nitrogens with zero attached hydrogens (tertiary/aromatic N) is 2. The highest BCUT2D eigenvalue weighted by atomic mass is 31.2. The molecule has 240 valence electrons. The summed E-state index contributed by atoms with van der Waals surface area (Å²) in [6, 6.07) is 12.0. The molecule has 2 aromatic carbocycles. The zero-order valence-corrected chi connectivity index (χ0v) is 25.9. The van der Waals surface area contributed by atoms with Crippen LogP contribution in [0.4, 0.5) is 10.2 Å². The van der Waals surface area contributed by atoms with Crippen molar-refractivity contribution in [2.75, 3.05) is 19.5 Å². The van der Waals surface area contributed by atoms with E-state index in [1.165, 1.54) is 26.0 Å². The molecule has 0 saturated heterocycles. The summed E-state index contributed by atoms with van der Waals surface area (Å²) in [5, 5.41) is 3.82. The SMILES string of the molecule is CCC(=O)O[C@H]([C@H](F)[C@@](N)(COP(=O)(N[C@@H](C)C(=O)OC(C)C)Oc1cccc2ccccc12)OC)n1ccc(N)nc1=O. The second-order valence-electron chi connectivity index (χ2n) is 10.0. The van der Waals surface area contributed by atoms with Gasteiger partial charge in [-0.1, -0.05) is 43.3 Å². The van der Waals surface area contributed by atoms with E-state index < -0.39 is 62.3 Å². The molecule has 0 aliphatic rings. The van der Waals surface area contributed by atoms with Gasteiger partial charge in [0, 0.05) is 25.1 Å². The van der Waals surface area contributed by atoms with Crippen molar-refractivity contribution in [2.45, 2.75) is 64.4 Å². The Morgan fingerprint density at radius 2 is 1.80 bits per heavy atom. The Labute approximate surface area is 253 Å². The standard InChI is InChI=1S/C28H37FN5O9P/c1-6-23(35)42-25(34-15-14-22(30)32-27(34)37)24(29)28(31,39-5)16-40-44(38,33-18(4)26(36)41-17(2)3)43-21-13-9-11-19-10-7-8-12-20(19)21/h7-15,17-18,24-25H,6,16,31H2,1-5H3,(H,33,38)(H2,30,32,37)/t18-,24-,25+,28+,44?/m0/s1. The van der Waals surface area contributed by atoms with Crippen molar-refractivity contribution >= 4 is 36.3 Å². The van der Waals surface area contributed by atoms with E-state index in [0.29, 0.717) is 9.95 Å². The van der Waals surface area contributed by atoms with E-state index in [2.05, 4.69) is 10.1 Å². The maximum atomic E-state index is 16.3. The monoisotopic (exact) mass is 637 g/mol. The number of rotatable bonds is 15. The third-order valence-electron chi connectivity index (χ3n) is 6.25. The number of fused-ring (bicyclic) bond motifs is 1. The molecule has 16 heteroatoms. The number of nitrogens with two attached hydrogens (primary N) is 2. The smallest absolute Gasteiger partial charge is 0.459 e. The fraction of sp³-hybridized carbons (Fsp3) is 0.429. The molecule has 0 bridgehead atoms. The van der Waals surface area contributed by atoms with E-state index in [1.807, 2.05) is 0 Å². The first-order chi connectivity index (χ1) is 20.7. The van der Waals surface area contributed by atoms with Gasteiger partial charge in [-0.25, -0.2) is 13.8 Å². The molecule has 44 heavy (non-hydrogen) atoms. The number of hydrogen-bond donors (Lipinski definition) is 3. The lowest BCUT2D eigenvalue weighted by Gasteiger charge is -2.36. The van der Waals surface area contributed by atoms with E-state index >= 15 is 4.39 Å². The van der Waals surface area contributed by atoms with Crippen LogP contribution in [-0.4, -0.2) is 59.2 Å². The topological polar surface area (TPSA) is 196 Å². The van der Waals surface area contributed by atoms with Gasteiger partial charge in [0.25, 0.3) is 0 Å². The number of anilines is 1. The van der Waals surface area contributed by atoms with Gasteiger partial charge in [-0.2, -0.15) is 10.1 Å². The van der Waals surface area contributed by atoms with Crippen molar-refractivity contribution in [1.82, 2.24) is 14.6 Å². The summed E-state index contributed by atoms with van der Waals surface area (Å²) < 4.78 is 58.2. The number of esters is 2. The van der Waals surface area contributed by atoms with Crippen LogP contribution in [-0.2, 0) is 32.9 Å². The molecule has 0 radical (unpaired) electrons. The first-order valence-electron chi connectivity index (χ1n) is 13.6. The predicted octanol–water partition coefficient (Wildman–Crippen LogP) is 3.20. The fourth-order valence-corrected chi connectivity index (χ4v) is 5.44. The summed E-state index contributed by atoms with van der Waals surface area (Å²) in [6.07, 6.45) is -4.05. The number of aromatic nitrogens is 2. The summed E-state index contributed by atoms with van der Waals surface area (Å²) in [7, 11) is -3.55. The molecule has 3 rings (SSSR count). The molecule has 1 unspecified atom stereocenters. The first-order valence-corrected chi connectivity index (χ1v) is 15.2. The lowest BCUT2D eigenvalue weighted by atomic mass is 10.1. The quantitative estimate of drug-likeness (QED) is 0.125. The number of halogens is 1. The molecule has 3 aromatic rings. The molecule has 0 amide bonds. The molecule has 5 atom stereocenters. The van der Waals surface area contributed by atoms with Crippen molar-refractivity contribution in [3.05, 3.63) is 65.2 Å². The predicted molar refractivity (Wildman–Crippen MR) is 159 cm³/mol. The number of carbonyl (C=O) groups is 2. The molecule has 0 fully saturated rings. The zero-order chi connectivity index (χ0) is 32.7.